The van der Waals surface area contributed by atoms with Crippen LogP contribution < -0.4 is 10.6 Å². The molecule has 8 heteroatoms. The summed E-state index contributed by atoms with van der Waals surface area (Å²) in [4.78, 5) is 20.3. The molecular formula is C17H11Cl2FN4O. The summed E-state index contributed by atoms with van der Waals surface area (Å²) in [5, 5.41) is 6.21. The van der Waals surface area contributed by atoms with Gasteiger partial charge >= 0.3 is 0 Å². The molecule has 0 saturated heterocycles. The van der Waals surface area contributed by atoms with Gasteiger partial charge in [0.2, 0.25) is 0 Å². The van der Waals surface area contributed by atoms with Crippen LogP contribution in [0.25, 0.3) is 0 Å². The first-order valence-electron chi connectivity index (χ1n) is 7.12. The normalized spacial score (nSPS) is 10.4. The Balaban J connectivity index is 1.75. The first-order chi connectivity index (χ1) is 12.0. The SMILES string of the molecule is O=C(Nc1ccc(Cl)cc1)c1cc(Nc2ccc(F)c(Cl)c2)ncn1. The zero-order valence-corrected chi connectivity index (χ0v) is 14.1. The summed E-state index contributed by atoms with van der Waals surface area (Å²) < 4.78 is 13.2. The van der Waals surface area contributed by atoms with Crippen LogP contribution in [-0.4, -0.2) is 15.9 Å². The highest BCUT2D eigenvalue weighted by Crippen LogP contribution is 2.22. The number of benzene rings is 2. The molecule has 3 rings (SSSR count). The lowest BCUT2D eigenvalue weighted by molar-refractivity contribution is 0.102. The summed E-state index contributed by atoms with van der Waals surface area (Å²) >= 11 is 11.6. The maximum atomic E-state index is 13.2. The van der Waals surface area contributed by atoms with E-state index in [0.29, 0.717) is 22.2 Å². The Morgan fingerprint density at radius 3 is 2.40 bits per heavy atom. The molecule has 1 amide bonds. The summed E-state index contributed by atoms with van der Waals surface area (Å²) in [5.74, 6) is -0.540. The third kappa shape index (κ3) is 4.43. The summed E-state index contributed by atoms with van der Waals surface area (Å²) in [6.07, 6.45) is 1.25. The first-order valence-corrected chi connectivity index (χ1v) is 7.88. The summed E-state index contributed by atoms with van der Waals surface area (Å²) in [7, 11) is 0. The fourth-order valence-corrected chi connectivity index (χ4v) is 2.31. The smallest absolute Gasteiger partial charge is 0.274 e. The number of rotatable bonds is 4. The minimum atomic E-state index is -0.516. The van der Waals surface area contributed by atoms with Gasteiger partial charge in [-0.25, -0.2) is 14.4 Å². The Hall–Kier alpha value is -2.70. The lowest BCUT2D eigenvalue weighted by atomic mass is 10.3. The molecule has 0 unspecified atom stereocenters. The van der Waals surface area contributed by atoms with Crippen LogP contribution in [0.4, 0.5) is 21.6 Å². The minimum absolute atomic E-state index is 0.0141. The maximum absolute atomic E-state index is 13.2. The van der Waals surface area contributed by atoms with Crippen LogP contribution in [0.5, 0.6) is 0 Å². The second-order valence-electron chi connectivity index (χ2n) is 5.00. The average molecular weight is 377 g/mol. The van der Waals surface area contributed by atoms with Gasteiger partial charge in [0.1, 0.15) is 23.7 Å². The van der Waals surface area contributed by atoms with Gasteiger partial charge in [0, 0.05) is 22.5 Å². The van der Waals surface area contributed by atoms with E-state index in [-0.39, 0.29) is 10.7 Å². The van der Waals surface area contributed by atoms with Crippen molar-refractivity contribution in [3.63, 3.8) is 0 Å². The van der Waals surface area contributed by atoms with Gasteiger partial charge in [-0.1, -0.05) is 23.2 Å². The highest BCUT2D eigenvalue weighted by molar-refractivity contribution is 6.31. The molecule has 1 heterocycles. The van der Waals surface area contributed by atoms with E-state index < -0.39 is 11.7 Å². The van der Waals surface area contributed by atoms with Crippen molar-refractivity contribution < 1.29 is 9.18 Å². The van der Waals surface area contributed by atoms with Gasteiger partial charge in [-0.15, -0.1) is 0 Å². The van der Waals surface area contributed by atoms with E-state index in [9.17, 15) is 9.18 Å². The first kappa shape index (κ1) is 17.1. The number of hydrogen-bond donors (Lipinski definition) is 2. The zero-order valence-electron chi connectivity index (χ0n) is 12.6. The van der Waals surface area contributed by atoms with E-state index in [4.69, 9.17) is 23.2 Å². The molecule has 25 heavy (non-hydrogen) atoms. The molecule has 0 aliphatic carbocycles. The van der Waals surface area contributed by atoms with Crippen LogP contribution in [0.3, 0.4) is 0 Å². The summed E-state index contributed by atoms with van der Waals surface area (Å²) in [5.41, 5.74) is 1.29. The number of carbonyl (C=O) groups is 1. The molecule has 3 aromatic rings. The Bertz CT molecular complexity index is 919. The molecule has 0 fully saturated rings. The van der Waals surface area contributed by atoms with E-state index in [0.717, 1.165) is 0 Å². The standard InChI is InChI=1S/C17H11Cl2FN4O/c18-10-1-3-11(4-2-10)24-17(25)15-8-16(22-9-21-15)23-12-5-6-14(20)13(19)7-12/h1-9H,(H,24,25)(H,21,22,23). The number of aromatic nitrogens is 2. The summed E-state index contributed by atoms with van der Waals surface area (Å²) in [6, 6.07) is 12.3. The Labute approximate surface area is 152 Å². The molecular weight excluding hydrogens is 366 g/mol. The van der Waals surface area contributed by atoms with Crippen LogP contribution in [0, 0.1) is 5.82 Å². The van der Waals surface area contributed by atoms with E-state index >= 15 is 0 Å². The Morgan fingerprint density at radius 1 is 0.960 bits per heavy atom. The van der Waals surface area contributed by atoms with Crippen molar-refractivity contribution in [2.75, 3.05) is 10.6 Å². The van der Waals surface area contributed by atoms with Crippen LogP contribution in [-0.2, 0) is 0 Å². The fraction of sp³-hybridized carbons (Fsp3) is 0. The lowest BCUT2D eigenvalue weighted by Crippen LogP contribution is -2.14. The van der Waals surface area contributed by atoms with Gasteiger partial charge in [0.15, 0.2) is 0 Å². The predicted molar refractivity (Wildman–Crippen MR) is 96.1 cm³/mol. The van der Waals surface area contributed by atoms with E-state index in [2.05, 4.69) is 20.6 Å². The molecule has 2 N–H and O–H groups in total. The molecule has 0 aliphatic heterocycles. The van der Waals surface area contributed by atoms with Crippen molar-refractivity contribution in [2.45, 2.75) is 0 Å². The molecule has 126 valence electrons. The monoisotopic (exact) mass is 376 g/mol. The third-order valence-electron chi connectivity index (χ3n) is 3.19. The second-order valence-corrected chi connectivity index (χ2v) is 5.85. The molecule has 5 nitrogen and oxygen atoms in total. The van der Waals surface area contributed by atoms with E-state index in [1.165, 1.54) is 30.6 Å². The summed E-state index contributed by atoms with van der Waals surface area (Å²) in [6.45, 7) is 0. The average Bonchev–Trinajstić information content (AvgIpc) is 2.60. The highest BCUT2D eigenvalue weighted by Gasteiger charge is 2.10. The molecule has 0 bridgehead atoms. The third-order valence-corrected chi connectivity index (χ3v) is 3.74. The van der Waals surface area contributed by atoms with Crippen molar-refractivity contribution in [3.05, 3.63) is 76.4 Å². The van der Waals surface area contributed by atoms with Crippen LogP contribution >= 0.6 is 23.2 Å². The van der Waals surface area contributed by atoms with E-state index in [1.807, 2.05) is 0 Å². The highest BCUT2D eigenvalue weighted by atomic mass is 35.5. The topological polar surface area (TPSA) is 66.9 Å². The largest absolute Gasteiger partial charge is 0.340 e. The number of anilines is 3. The minimum Gasteiger partial charge on any atom is -0.340 e. The van der Waals surface area contributed by atoms with Gasteiger partial charge < -0.3 is 10.6 Å². The number of halogens is 3. The van der Waals surface area contributed by atoms with Gasteiger partial charge in [0.05, 0.1) is 5.02 Å². The lowest BCUT2D eigenvalue weighted by Gasteiger charge is -2.08. The van der Waals surface area contributed by atoms with Crippen LogP contribution in [0.1, 0.15) is 10.5 Å². The van der Waals surface area contributed by atoms with Crippen molar-refractivity contribution in [2.24, 2.45) is 0 Å². The van der Waals surface area contributed by atoms with Gasteiger partial charge in [0.25, 0.3) is 5.91 Å². The van der Waals surface area contributed by atoms with E-state index in [1.54, 1.807) is 24.3 Å². The zero-order chi connectivity index (χ0) is 17.8. The Kier molecular flexibility index (Phi) is 5.11. The van der Waals surface area contributed by atoms with Crippen molar-refractivity contribution >= 4 is 46.3 Å². The molecule has 2 aromatic carbocycles. The molecule has 1 aromatic heterocycles. The van der Waals surface area contributed by atoms with Crippen LogP contribution in [0.2, 0.25) is 10.0 Å². The van der Waals surface area contributed by atoms with Crippen molar-refractivity contribution in [3.8, 4) is 0 Å². The number of nitrogens with one attached hydrogen (secondary N) is 2. The fourth-order valence-electron chi connectivity index (χ4n) is 2.00. The van der Waals surface area contributed by atoms with Gasteiger partial charge in [-0.3, -0.25) is 4.79 Å². The number of hydrogen-bond acceptors (Lipinski definition) is 4. The predicted octanol–water partition coefficient (Wildman–Crippen LogP) is 4.92. The second kappa shape index (κ2) is 7.46. The number of nitrogens with zero attached hydrogens (tertiary/aromatic N) is 2. The van der Waals surface area contributed by atoms with Crippen molar-refractivity contribution in [1.82, 2.24) is 9.97 Å². The molecule has 0 spiro atoms. The van der Waals surface area contributed by atoms with Gasteiger partial charge in [-0.05, 0) is 42.5 Å². The molecule has 0 saturated carbocycles. The molecule has 0 radical (unpaired) electrons. The number of amides is 1. The van der Waals surface area contributed by atoms with Crippen LogP contribution in [0.15, 0.2) is 54.9 Å². The maximum Gasteiger partial charge on any atom is 0.274 e. The molecule has 0 aliphatic rings. The van der Waals surface area contributed by atoms with Crippen molar-refractivity contribution in [1.29, 1.82) is 0 Å². The molecule has 0 atom stereocenters. The number of carbonyl (C=O) groups excluding carboxylic acids is 1. The van der Waals surface area contributed by atoms with Gasteiger partial charge in [-0.2, -0.15) is 0 Å². The quantitative estimate of drug-likeness (QED) is 0.678. The Morgan fingerprint density at radius 2 is 1.68 bits per heavy atom.